The molecule has 0 radical (unpaired) electrons. The molecule has 2 aromatic rings. The zero-order chi connectivity index (χ0) is 19.8. The van der Waals surface area contributed by atoms with E-state index in [1.54, 1.807) is 19.1 Å². The van der Waals surface area contributed by atoms with Crippen LogP contribution in [0.3, 0.4) is 0 Å². The average molecular weight is 424 g/mol. The van der Waals surface area contributed by atoms with Gasteiger partial charge in [0.05, 0.1) is 22.6 Å². The molecule has 0 atom stereocenters. The number of nitrogens with zero attached hydrogens (tertiary/aromatic N) is 1. The van der Waals surface area contributed by atoms with Gasteiger partial charge in [0.1, 0.15) is 10.8 Å². The molecule has 8 heteroatoms. The topological polar surface area (TPSA) is 65.5 Å². The Kier molecular flexibility index (Phi) is 5.65. The number of ether oxygens (including phenoxy) is 2. The van der Waals surface area contributed by atoms with Gasteiger partial charge in [0.25, 0.3) is 0 Å². The van der Waals surface area contributed by atoms with E-state index in [0.29, 0.717) is 16.3 Å². The van der Waals surface area contributed by atoms with Gasteiger partial charge in [0.15, 0.2) is 0 Å². The van der Waals surface area contributed by atoms with E-state index in [1.165, 1.54) is 11.3 Å². The lowest BCUT2D eigenvalue weighted by molar-refractivity contribution is -0.106. The summed E-state index contributed by atoms with van der Waals surface area (Å²) in [5, 5.41) is 1.24. The van der Waals surface area contributed by atoms with Crippen LogP contribution in [0.15, 0.2) is 30.0 Å². The van der Waals surface area contributed by atoms with Crippen LogP contribution < -0.4 is 0 Å². The van der Waals surface area contributed by atoms with Crippen LogP contribution in [0, 0.1) is 6.92 Å². The number of aromatic nitrogens is 1. The molecule has 2 heterocycles. The number of thiazole rings is 1. The van der Waals surface area contributed by atoms with Crippen molar-refractivity contribution < 1.29 is 19.1 Å². The van der Waals surface area contributed by atoms with Crippen molar-refractivity contribution in [1.82, 2.24) is 4.98 Å². The smallest absolute Gasteiger partial charge is 0.434 e. The fraction of sp³-hybridized carbons (Fsp3) is 0.316. The lowest BCUT2D eigenvalue weighted by Crippen LogP contribution is -2.20. The molecule has 0 saturated carbocycles. The predicted molar refractivity (Wildman–Crippen MR) is 109 cm³/mol. The summed E-state index contributed by atoms with van der Waals surface area (Å²) in [4.78, 5) is 30.1. The Labute approximate surface area is 170 Å². The van der Waals surface area contributed by atoms with Gasteiger partial charge in [0, 0.05) is 15.5 Å². The SMILES string of the molecule is CCOC(=O)OC1=C(c2nc(-c3ccc(Cl)cc3)sc2C)C(=O)SC1(C)C. The summed E-state index contributed by atoms with van der Waals surface area (Å²) in [6, 6.07) is 7.34. The zero-order valence-electron chi connectivity index (χ0n) is 15.3. The van der Waals surface area contributed by atoms with Crippen LogP contribution in [0.2, 0.25) is 5.02 Å². The number of benzene rings is 1. The molecule has 0 spiro atoms. The zero-order valence-corrected chi connectivity index (χ0v) is 17.7. The highest BCUT2D eigenvalue weighted by Crippen LogP contribution is 2.48. The third-order valence-corrected chi connectivity index (χ3v) is 6.26. The second-order valence-electron chi connectivity index (χ2n) is 6.32. The Morgan fingerprint density at radius 3 is 2.56 bits per heavy atom. The normalized spacial score (nSPS) is 16.0. The molecule has 0 bridgehead atoms. The molecule has 0 aliphatic carbocycles. The van der Waals surface area contributed by atoms with E-state index < -0.39 is 10.9 Å². The first-order chi connectivity index (χ1) is 12.7. The number of hydrogen-bond donors (Lipinski definition) is 0. The van der Waals surface area contributed by atoms with Crippen LogP contribution in [0.1, 0.15) is 31.3 Å². The standard InChI is InChI=1S/C19H18ClNO4S2/c1-5-24-18(23)25-15-13(17(22)27-19(15,3)4)14-10(2)26-16(21-14)11-6-8-12(20)9-7-11/h6-9H,5H2,1-4H3. The van der Waals surface area contributed by atoms with Gasteiger partial charge < -0.3 is 9.47 Å². The fourth-order valence-electron chi connectivity index (χ4n) is 2.68. The van der Waals surface area contributed by atoms with Crippen molar-refractivity contribution in [3.05, 3.63) is 45.6 Å². The van der Waals surface area contributed by atoms with Gasteiger partial charge in [-0.1, -0.05) is 35.5 Å². The highest BCUT2D eigenvalue weighted by atomic mass is 35.5. The molecule has 27 heavy (non-hydrogen) atoms. The van der Waals surface area contributed by atoms with E-state index in [-0.39, 0.29) is 17.5 Å². The molecule has 1 aliphatic rings. The molecular weight excluding hydrogens is 406 g/mol. The van der Waals surface area contributed by atoms with Crippen molar-refractivity contribution in [1.29, 1.82) is 0 Å². The summed E-state index contributed by atoms with van der Waals surface area (Å²) in [5.74, 6) is 0.284. The summed E-state index contributed by atoms with van der Waals surface area (Å²) >= 11 is 8.53. The van der Waals surface area contributed by atoms with E-state index >= 15 is 0 Å². The van der Waals surface area contributed by atoms with Gasteiger partial charge in [-0.05, 0) is 39.8 Å². The first-order valence-corrected chi connectivity index (χ1v) is 10.3. The Hall–Kier alpha value is -1.83. The molecule has 0 saturated heterocycles. The van der Waals surface area contributed by atoms with Crippen molar-refractivity contribution in [2.24, 2.45) is 0 Å². The first kappa shape index (κ1) is 19.9. The van der Waals surface area contributed by atoms with Crippen LogP contribution in [-0.2, 0) is 14.3 Å². The summed E-state index contributed by atoms with van der Waals surface area (Å²) in [7, 11) is 0. The Balaban J connectivity index is 2.07. The highest BCUT2D eigenvalue weighted by Gasteiger charge is 2.44. The fourth-order valence-corrected chi connectivity index (χ4v) is 4.72. The highest BCUT2D eigenvalue weighted by molar-refractivity contribution is 8.16. The van der Waals surface area contributed by atoms with Crippen molar-refractivity contribution in [3.8, 4) is 10.6 Å². The van der Waals surface area contributed by atoms with Gasteiger partial charge >= 0.3 is 6.16 Å². The van der Waals surface area contributed by atoms with Crippen molar-refractivity contribution in [3.63, 3.8) is 0 Å². The van der Waals surface area contributed by atoms with Crippen LogP contribution in [0.25, 0.3) is 16.1 Å². The number of aryl methyl sites for hydroxylation is 1. The molecule has 0 N–H and O–H groups in total. The second kappa shape index (κ2) is 7.66. The molecule has 1 aromatic carbocycles. The van der Waals surface area contributed by atoms with Gasteiger partial charge in [-0.15, -0.1) is 11.3 Å². The van der Waals surface area contributed by atoms with Crippen LogP contribution in [-0.4, -0.2) is 27.6 Å². The van der Waals surface area contributed by atoms with E-state index in [2.05, 4.69) is 4.98 Å². The Bertz CT molecular complexity index is 932. The Morgan fingerprint density at radius 2 is 1.93 bits per heavy atom. The molecule has 3 rings (SSSR count). The molecular formula is C19H18ClNO4S2. The first-order valence-electron chi connectivity index (χ1n) is 8.29. The van der Waals surface area contributed by atoms with Crippen LogP contribution in [0.5, 0.6) is 0 Å². The minimum atomic E-state index is -0.820. The van der Waals surface area contributed by atoms with Crippen molar-refractivity contribution >= 4 is 51.5 Å². The molecule has 0 unspecified atom stereocenters. The molecule has 5 nitrogen and oxygen atoms in total. The number of carbonyl (C=O) groups is 2. The van der Waals surface area contributed by atoms with E-state index in [4.69, 9.17) is 21.1 Å². The molecule has 142 valence electrons. The van der Waals surface area contributed by atoms with E-state index in [0.717, 1.165) is 27.2 Å². The summed E-state index contributed by atoms with van der Waals surface area (Å²) in [5.41, 5.74) is 1.77. The van der Waals surface area contributed by atoms with Crippen molar-refractivity contribution in [2.45, 2.75) is 32.4 Å². The monoisotopic (exact) mass is 423 g/mol. The van der Waals surface area contributed by atoms with Gasteiger partial charge in [-0.2, -0.15) is 0 Å². The second-order valence-corrected chi connectivity index (χ2v) is 9.55. The molecule has 0 fully saturated rings. The average Bonchev–Trinajstić information content (AvgIpc) is 3.05. The van der Waals surface area contributed by atoms with Gasteiger partial charge in [0.2, 0.25) is 5.12 Å². The minimum Gasteiger partial charge on any atom is -0.434 e. The number of thioether (sulfide) groups is 1. The Morgan fingerprint density at radius 1 is 1.26 bits per heavy atom. The quantitative estimate of drug-likeness (QED) is 0.587. The maximum atomic E-state index is 12.7. The summed E-state index contributed by atoms with van der Waals surface area (Å²) in [6.07, 6.45) is -0.820. The van der Waals surface area contributed by atoms with E-state index in [1.807, 2.05) is 32.9 Å². The number of carbonyl (C=O) groups excluding carboxylic acids is 2. The van der Waals surface area contributed by atoms with E-state index in [9.17, 15) is 9.59 Å². The maximum Gasteiger partial charge on any atom is 0.513 e. The van der Waals surface area contributed by atoms with Crippen LogP contribution in [0.4, 0.5) is 4.79 Å². The maximum absolute atomic E-state index is 12.7. The summed E-state index contributed by atoms with van der Waals surface area (Å²) in [6.45, 7) is 7.45. The molecule has 1 aliphatic heterocycles. The van der Waals surface area contributed by atoms with Crippen LogP contribution >= 0.6 is 34.7 Å². The molecule has 1 aromatic heterocycles. The predicted octanol–water partition coefficient (Wildman–Crippen LogP) is 5.71. The third kappa shape index (κ3) is 4.05. The lowest BCUT2D eigenvalue weighted by atomic mass is 10.0. The number of halogens is 1. The molecule has 0 amide bonds. The van der Waals surface area contributed by atoms with Crippen molar-refractivity contribution in [2.75, 3.05) is 6.61 Å². The lowest BCUT2D eigenvalue weighted by Gasteiger charge is -2.19. The summed E-state index contributed by atoms with van der Waals surface area (Å²) < 4.78 is 9.62. The third-order valence-electron chi connectivity index (χ3n) is 3.90. The van der Waals surface area contributed by atoms with Gasteiger partial charge in [-0.25, -0.2) is 9.78 Å². The van der Waals surface area contributed by atoms with Gasteiger partial charge in [-0.3, -0.25) is 4.79 Å². The minimum absolute atomic E-state index is 0.171. The largest absolute Gasteiger partial charge is 0.513 e. The number of rotatable bonds is 4. The number of hydrogen-bond acceptors (Lipinski definition) is 7.